The highest BCUT2D eigenvalue weighted by Crippen LogP contribution is 2.35. The number of nitrogens with one attached hydrogen (secondary N) is 1. The van der Waals surface area contributed by atoms with Gasteiger partial charge in [0.05, 0.1) is 10.6 Å². The quantitative estimate of drug-likeness (QED) is 0.459. The van der Waals surface area contributed by atoms with E-state index in [0.717, 1.165) is 12.1 Å². The average Bonchev–Trinajstić information content (AvgIpc) is 2.79. The third-order valence-corrected chi connectivity index (χ3v) is 5.87. The first-order valence-corrected chi connectivity index (χ1v) is 10.9. The maximum Gasteiger partial charge on any atom is 0.417 e. The summed E-state index contributed by atoms with van der Waals surface area (Å²) in [4.78, 5) is 26.3. The normalized spacial score (nSPS) is 15.1. The van der Waals surface area contributed by atoms with Gasteiger partial charge in [0.25, 0.3) is 0 Å². The largest absolute Gasteiger partial charge is 0.417 e. The van der Waals surface area contributed by atoms with Crippen LogP contribution < -0.4 is 5.32 Å². The zero-order valence-corrected chi connectivity index (χ0v) is 18.4. The van der Waals surface area contributed by atoms with Crippen LogP contribution in [0.4, 0.5) is 17.6 Å². The van der Waals surface area contributed by atoms with Crippen molar-refractivity contribution in [2.45, 2.75) is 25.4 Å². The molecule has 176 valence electrons. The van der Waals surface area contributed by atoms with Crippen LogP contribution >= 0.6 is 11.6 Å². The molecule has 1 aliphatic heterocycles. The number of piperidine rings is 1. The van der Waals surface area contributed by atoms with Crippen LogP contribution in [0, 0.1) is 11.7 Å². The van der Waals surface area contributed by atoms with Gasteiger partial charge in [-0.2, -0.15) is 13.2 Å². The molecule has 0 radical (unpaired) electrons. The van der Waals surface area contributed by atoms with E-state index in [0.29, 0.717) is 44.5 Å². The maximum absolute atomic E-state index is 13.6. The van der Waals surface area contributed by atoms with Gasteiger partial charge in [-0.3, -0.25) is 9.59 Å². The standard InChI is InChI=1S/C24H23ClF4N2O2/c25-20-7-5-16(15-19(20)24(27,28)29)6-8-22(32)31-13-10-18(11-14-31)23(33)30-12-9-17-3-1-2-4-21(17)26/h1-8,15,18H,9-14H2,(H,30,33). The number of carbonyl (C=O) groups excluding carboxylic acids is 2. The average molecular weight is 483 g/mol. The number of likely N-dealkylation sites (tertiary alicyclic amines) is 1. The van der Waals surface area contributed by atoms with Gasteiger partial charge >= 0.3 is 6.18 Å². The second-order valence-electron chi connectivity index (χ2n) is 7.80. The van der Waals surface area contributed by atoms with Crippen molar-refractivity contribution in [1.82, 2.24) is 10.2 Å². The van der Waals surface area contributed by atoms with E-state index in [9.17, 15) is 27.2 Å². The summed E-state index contributed by atoms with van der Waals surface area (Å²) in [5.41, 5.74) is -0.210. The second-order valence-corrected chi connectivity index (χ2v) is 8.21. The molecule has 0 aliphatic carbocycles. The molecule has 0 saturated carbocycles. The van der Waals surface area contributed by atoms with E-state index in [1.807, 2.05) is 0 Å². The highest BCUT2D eigenvalue weighted by Gasteiger charge is 2.33. The lowest BCUT2D eigenvalue weighted by Crippen LogP contribution is -2.42. The SMILES string of the molecule is O=C(NCCc1ccccc1F)C1CCN(C(=O)C=Cc2ccc(Cl)c(C(F)(F)F)c2)CC1. The zero-order valence-electron chi connectivity index (χ0n) is 17.7. The monoisotopic (exact) mass is 482 g/mol. The summed E-state index contributed by atoms with van der Waals surface area (Å²) in [6.45, 7) is 1.05. The Hall–Kier alpha value is -2.87. The van der Waals surface area contributed by atoms with Gasteiger partial charge in [-0.25, -0.2) is 4.39 Å². The summed E-state index contributed by atoms with van der Waals surface area (Å²) in [6, 6.07) is 9.84. The van der Waals surface area contributed by atoms with E-state index in [2.05, 4.69) is 5.32 Å². The first kappa shape index (κ1) is 24.8. The zero-order chi connectivity index (χ0) is 24.0. The van der Waals surface area contributed by atoms with Crippen molar-refractivity contribution in [2.24, 2.45) is 5.92 Å². The summed E-state index contributed by atoms with van der Waals surface area (Å²) >= 11 is 5.61. The van der Waals surface area contributed by atoms with Crippen molar-refractivity contribution in [3.05, 3.63) is 76.1 Å². The molecule has 1 N–H and O–H groups in total. The molecule has 33 heavy (non-hydrogen) atoms. The molecule has 9 heteroatoms. The minimum Gasteiger partial charge on any atom is -0.356 e. The minimum absolute atomic E-state index is 0.130. The molecule has 0 aromatic heterocycles. The Morgan fingerprint density at radius 2 is 1.82 bits per heavy atom. The number of hydrogen-bond acceptors (Lipinski definition) is 2. The highest BCUT2D eigenvalue weighted by molar-refractivity contribution is 6.31. The van der Waals surface area contributed by atoms with Crippen molar-refractivity contribution in [1.29, 1.82) is 0 Å². The van der Waals surface area contributed by atoms with Crippen LogP contribution in [0.15, 0.2) is 48.5 Å². The number of alkyl halides is 3. The predicted molar refractivity (Wildman–Crippen MR) is 118 cm³/mol. The van der Waals surface area contributed by atoms with Crippen LogP contribution in [0.25, 0.3) is 6.08 Å². The molecule has 1 aliphatic rings. The Labute approximate surface area is 194 Å². The van der Waals surface area contributed by atoms with Crippen LogP contribution in [0.5, 0.6) is 0 Å². The fourth-order valence-electron chi connectivity index (χ4n) is 3.66. The third kappa shape index (κ3) is 6.81. The van der Waals surface area contributed by atoms with Gasteiger partial charge in [0.1, 0.15) is 5.82 Å². The maximum atomic E-state index is 13.6. The number of rotatable bonds is 6. The second kappa shape index (κ2) is 10.8. The molecule has 0 unspecified atom stereocenters. The van der Waals surface area contributed by atoms with E-state index in [4.69, 9.17) is 11.6 Å². The molecule has 2 aromatic rings. The summed E-state index contributed by atoms with van der Waals surface area (Å²) in [6.07, 6.45) is -0.702. The molecule has 2 amide bonds. The lowest BCUT2D eigenvalue weighted by molar-refractivity contribution is -0.137. The number of amides is 2. The Kier molecular flexibility index (Phi) is 8.13. The molecule has 0 atom stereocenters. The number of nitrogens with zero attached hydrogens (tertiary/aromatic N) is 1. The van der Waals surface area contributed by atoms with Crippen LogP contribution in [-0.2, 0) is 22.2 Å². The molecular weight excluding hydrogens is 460 g/mol. The van der Waals surface area contributed by atoms with Crippen molar-refractivity contribution in [2.75, 3.05) is 19.6 Å². The topological polar surface area (TPSA) is 49.4 Å². The van der Waals surface area contributed by atoms with E-state index in [1.165, 1.54) is 24.3 Å². The van der Waals surface area contributed by atoms with Gasteiger partial charge < -0.3 is 10.2 Å². The Morgan fingerprint density at radius 1 is 1.12 bits per heavy atom. The first-order chi connectivity index (χ1) is 15.6. The van der Waals surface area contributed by atoms with Gasteiger partial charge in [0.2, 0.25) is 11.8 Å². The fraction of sp³-hybridized carbons (Fsp3) is 0.333. The van der Waals surface area contributed by atoms with E-state index in [-0.39, 0.29) is 29.1 Å². The molecule has 0 spiro atoms. The molecule has 1 saturated heterocycles. The van der Waals surface area contributed by atoms with Crippen LogP contribution in [0.1, 0.15) is 29.5 Å². The van der Waals surface area contributed by atoms with Crippen LogP contribution in [0.3, 0.4) is 0 Å². The van der Waals surface area contributed by atoms with Crippen molar-refractivity contribution >= 4 is 29.5 Å². The summed E-state index contributed by atoms with van der Waals surface area (Å²) < 4.78 is 52.5. The number of carbonyl (C=O) groups is 2. The van der Waals surface area contributed by atoms with Gasteiger partial charge in [0.15, 0.2) is 0 Å². The van der Waals surface area contributed by atoms with E-state index < -0.39 is 16.8 Å². The molecule has 1 heterocycles. The smallest absolute Gasteiger partial charge is 0.356 e. The third-order valence-electron chi connectivity index (χ3n) is 5.54. The molecule has 0 bridgehead atoms. The van der Waals surface area contributed by atoms with Gasteiger partial charge in [-0.15, -0.1) is 0 Å². The Morgan fingerprint density at radius 3 is 2.48 bits per heavy atom. The summed E-state index contributed by atoms with van der Waals surface area (Å²) in [7, 11) is 0. The van der Waals surface area contributed by atoms with Crippen LogP contribution in [-0.4, -0.2) is 36.3 Å². The van der Waals surface area contributed by atoms with Gasteiger partial charge in [0, 0.05) is 31.6 Å². The molecule has 1 fully saturated rings. The lowest BCUT2D eigenvalue weighted by atomic mass is 9.95. The first-order valence-electron chi connectivity index (χ1n) is 10.5. The molecule has 2 aromatic carbocycles. The highest BCUT2D eigenvalue weighted by atomic mass is 35.5. The summed E-state index contributed by atoms with van der Waals surface area (Å²) in [5, 5.41) is 2.41. The van der Waals surface area contributed by atoms with Gasteiger partial charge in [-0.1, -0.05) is 35.9 Å². The van der Waals surface area contributed by atoms with Crippen LogP contribution in [0.2, 0.25) is 5.02 Å². The van der Waals surface area contributed by atoms with Crippen molar-refractivity contribution in [3.63, 3.8) is 0 Å². The predicted octanol–water partition coefficient (Wildman–Crippen LogP) is 5.11. The molecule has 4 nitrogen and oxygen atoms in total. The Balaban J connectivity index is 1.47. The summed E-state index contributed by atoms with van der Waals surface area (Å²) in [5.74, 6) is -1.02. The van der Waals surface area contributed by atoms with Crippen molar-refractivity contribution in [3.8, 4) is 0 Å². The Bertz CT molecular complexity index is 1030. The molecule has 3 rings (SSSR count). The number of hydrogen-bond donors (Lipinski definition) is 1. The van der Waals surface area contributed by atoms with E-state index in [1.54, 1.807) is 23.1 Å². The van der Waals surface area contributed by atoms with E-state index >= 15 is 0 Å². The molecular formula is C24H23ClF4N2O2. The lowest BCUT2D eigenvalue weighted by Gasteiger charge is -2.30. The minimum atomic E-state index is -4.58. The fourth-order valence-corrected chi connectivity index (χ4v) is 3.89. The van der Waals surface area contributed by atoms with Crippen molar-refractivity contribution < 1.29 is 27.2 Å². The van der Waals surface area contributed by atoms with Gasteiger partial charge in [-0.05, 0) is 54.7 Å². The number of benzene rings is 2. The number of halogens is 5.